The van der Waals surface area contributed by atoms with Crippen LogP contribution in [0.25, 0.3) is 39.0 Å². The quantitative estimate of drug-likeness (QED) is 0.170. The summed E-state index contributed by atoms with van der Waals surface area (Å²) >= 11 is 0. The van der Waals surface area contributed by atoms with Crippen molar-refractivity contribution in [2.45, 2.75) is 89.9 Å². The monoisotopic (exact) mass is 878 g/mol. The second kappa shape index (κ2) is 14.2. The van der Waals surface area contributed by atoms with Crippen molar-refractivity contribution in [3.05, 3.63) is 238 Å². The van der Waals surface area contributed by atoms with Crippen molar-refractivity contribution in [3.63, 3.8) is 0 Å². The van der Waals surface area contributed by atoms with Crippen molar-refractivity contribution >= 4 is 34.0 Å². The number of hydrogen-bond acceptors (Lipinski definition) is 2. The lowest BCUT2D eigenvalue weighted by Crippen LogP contribution is -2.38. The molecule has 5 aliphatic rings. The van der Waals surface area contributed by atoms with Crippen LogP contribution in [0.5, 0.6) is 0 Å². The second-order valence-electron chi connectivity index (χ2n) is 22.1. The predicted molar refractivity (Wildman–Crippen MR) is 286 cm³/mol. The zero-order valence-electron chi connectivity index (χ0n) is 40.6. The largest absolute Gasteiger partial charge is 0.314 e. The van der Waals surface area contributed by atoms with E-state index in [2.05, 4.69) is 247 Å². The number of fused-ring (bicyclic) bond motifs is 10. The van der Waals surface area contributed by atoms with Gasteiger partial charge in [0.1, 0.15) is 0 Å². The van der Waals surface area contributed by atoms with Crippen LogP contribution in [0.1, 0.15) is 118 Å². The molecule has 2 nitrogen and oxygen atoms in total. The van der Waals surface area contributed by atoms with Crippen molar-refractivity contribution in [2.24, 2.45) is 0 Å². The van der Waals surface area contributed by atoms with E-state index in [4.69, 9.17) is 0 Å². The Morgan fingerprint density at radius 3 is 1.47 bits per heavy atom. The standard InChI is InChI=1S/C66H58N2/c1-63(2)52-18-11-9-16-48(52)50-35-28-43(38-57(50)63)41-24-30-45(31-25-41)67(46-32-26-42(27-33-46)44-29-36-51-49-17-10-12-19-53(49)64(3,4)58(51)39-44)47-34-37-61-59(40-47)66(7,8)56-22-15-21-55-62(56)68(61)60-23-14-13-20-54(60)65(55,5)6/h9-26,28-32,34-40H,27,33H2,1-8H3. The van der Waals surface area contributed by atoms with Gasteiger partial charge in [-0.15, -0.1) is 0 Å². The fourth-order valence-corrected chi connectivity index (χ4v) is 13.1. The topological polar surface area (TPSA) is 6.48 Å². The SMILES string of the molecule is CC1(C)c2ccccc2-c2ccc(C3=CC=C(N(c4ccc(-c5ccc6c(c5)C(C)(C)c5ccccc5-6)cc4)c4ccc5c(c4)C(C)(C)c4cccc6c4N5c4ccccc4C6(C)C)CC3)cc21. The summed E-state index contributed by atoms with van der Waals surface area (Å²) in [6, 6.07) is 64.8. The maximum atomic E-state index is 2.57. The van der Waals surface area contributed by atoms with Crippen LogP contribution in [0.3, 0.4) is 0 Å². The average molecular weight is 879 g/mol. The first kappa shape index (κ1) is 41.1. The molecule has 0 saturated heterocycles. The van der Waals surface area contributed by atoms with E-state index in [1.54, 1.807) is 0 Å². The van der Waals surface area contributed by atoms with Crippen LogP contribution >= 0.6 is 0 Å². The molecule has 2 aliphatic heterocycles. The highest BCUT2D eigenvalue weighted by Gasteiger charge is 2.45. The second-order valence-corrected chi connectivity index (χ2v) is 22.1. The minimum absolute atomic E-state index is 0.0308. The molecule has 13 rings (SSSR count). The maximum Gasteiger partial charge on any atom is 0.0543 e. The lowest BCUT2D eigenvalue weighted by atomic mass is 9.66. The Morgan fingerprint density at radius 2 is 0.838 bits per heavy atom. The highest BCUT2D eigenvalue weighted by atomic mass is 15.2. The molecule has 0 saturated carbocycles. The zero-order valence-corrected chi connectivity index (χ0v) is 40.6. The summed E-state index contributed by atoms with van der Waals surface area (Å²) in [5, 5.41) is 0. The van der Waals surface area contributed by atoms with Crippen molar-refractivity contribution < 1.29 is 0 Å². The Bertz CT molecular complexity index is 3520. The van der Waals surface area contributed by atoms with Gasteiger partial charge in [0, 0.05) is 38.7 Å². The van der Waals surface area contributed by atoms with E-state index < -0.39 is 0 Å². The highest BCUT2D eigenvalue weighted by molar-refractivity contribution is 5.94. The van der Waals surface area contributed by atoms with Gasteiger partial charge < -0.3 is 9.80 Å². The summed E-state index contributed by atoms with van der Waals surface area (Å²) in [5.41, 5.74) is 28.9. The smallest absolute Gasteiger partial charge is 0.0543 e. The average Bonchev–Trinajstić information content (AvgIpc) is 3.73. The van der Waals surface area contributed by atoms with E-state index in [0.717, 1.165) is 12.8 Å². The van der Waals surface area contributed by atoms with Crippen LogP contribution < -0.4 is 9.80 Å². The number of anilines is 5. The molecule has 0 bridgehead atoms. The fourth-order valence-electron chi connectivity index (χ4n) is 13.1. The lowest BCUT2D eigenvalue weighted by molar-refractivity contribution is 0.597. The molecule has 3 aliphatic carbocycles. The fraction of sp³-hybridized carbons (Fsp3) is 0.212. The number of rotatable bonds is 5. The van der Waals surface area contributed by atoms with Crippen LogP contribution in [0.2, 0.25) is 0 Å². The predicted octanol–water partition coefficient (Wildman–Crippen LogP) is 17.6. The van der Waals surface area contributed by atoms with E-state index in [0.29, 0.717) is 0 Å². The molecule has 8 aromatic rings. The third kappa shape index (κ3) is 5.64. The number of benzene rings is 8. The van der Waals surface area contributed by atoms with Gasteiger partial charge in [-0.3, -0.25) is 0 Å². The zero-order chi connectivity index (χ0) is 46.5. The molecule has 2 heteroatoms. The minimum atomic E-state index is -0.235. The van der Waals surface area contributed by atoms with Crippen LogP contribution in [0, 0.1) is 0 Å². The summed E-state index contributed by atoms with van der Waals surface area (Å²) < 4.78 is 0. The molecule has 0 radical (unpaired) electrons. The summed E-state index contributed by atoms with van der Waals surface area (Å²) in [4.78, 5) is 5.11. The van der Waals surface area contributed by atoms with Gasteiger partial charge in [-0.1, -0.05) is 183 Å². The lowest BCUT2D eigenvalue weighted by Gasteiger charge is -2.49. The summed E-state index contributed by atoms with van der Waals surface area (Å²) in [6.45, 7) is 19.1. The van der Waals surface area contributed by atoms with E-state index >= 15 is 0 Å². The highest BCUT2D eigenvalue weighted by Crippen LogP contribution is 2.61. The molecule has 68 heavy (non-hydrogen) atoms. The van der Waals surface area contributed by atoms with Gasteiger partial charge in [-0.25, -0.2) is 0 Å². The summed E-state index contributed by atoms with van der Waals surface area (Å²) in [6.07, 6.45) is 6.69. The van der Waals surface area contributed by atoms with Crippen molar-refractivity contribution in [3.8, 4) is 33.4 Å². The molecule has 0 unspecified atom stereocenters. The third-order valence-electron chi connectivity index (χ3n) is 17.0. The minimum Gasteiger partial charge on any atom is -0.314 e. The van der Waals surface area contributed by atoms with Crippen molar-refractivity contribution in [2.75, 3.05) is 9.80 Å². The van der Waals surface area contributed by atoms with Gasteiger partial charge >= 0.3 is 0 Å². The molecule has 2 heterocycles. The van der Waals surface area contributed by atoms with E-state index in [1.165, 1.54) is 123 Å². The summed E-state index contributed by atoms with van der Waals surface area (Å²) in [7, 11) is 0. The first-order valence-corrected chi connectivity index (χ1v) is 24.7. The Hall–Kier alpha value is -7.16. The molecule has 8 aromatic carbocycles. The molecule has 0 N–H and O–H groups in total. The molecule has 0 aromatic heterocycles. The number of para-hydroxylation sites is 2. The molecule has 0 fully saturated rings. The van der Waals surface area contributed by atoms with E-state index in [1.807, 2.05) is 0 Å². The molecule has 332 valence electrons. The molecule has 0 spiro atoms. The normalized spacial score (nSPS) is 17.6. The first-order valence-electron chi connectivity index (χ1n) is 24.7. The van der Waals surface area contributed by atoms with Gasteiger partial charge in [0.15, 0.2) is 0 Å². The van der Waals surface area contributed by atoms with Gasteiger partial charge in [0.25, 0.3) is 0 Å². The molecule has 0 amide bonds. The van der Waals surface area contributed by atoms with Gasteiger partial charge in [-0.2, -0.15) is 0 Å². The number of allylic oxidation sites excluding steroid dienone is 4. The van der Waals surface area contributed by atoms with Gasteiger partial charge in [0.05, 0.1) is 17.1 Å². The van der Waals surface area contributed by atoms with Crippen molar-refractivity contribution in [1.29, 1.82) is 0 Å². The Labute approximate surface area is 403 Å². The van der Waals surface area contributed by atoms with Crippen LogP contribution in [0.15, 0.2) is 188 Å². The number of nitrogens with zero attached hydrogens (tertiary/aromatic N) is 2. The molecular weight excluding hydrogens is 821 g/mol. The number of hydrogen-bond donors (Lipinski definition) is 0. The van der Waals surface area contributed by atoms with E-state index in [-0.39, 0.29) is 21.7 Å². The van der Waals surface area contributed by atoms with Crippen LogP contribution in [-0.2, 0) is 21.7 Å². The maximum absolute atomic E-state index is 2.57. The summed E-state index contributed by atoms with van der Waals surface area (Å²) in [5.74, 6) is 0. The van der Waals surface area contributed by atoms with Gasteiger partial charge in [0.2, 0.25) is 0 Å². The Kier molecular flexibility index (Phi) is 8.57. The van der Waals surface area contributed by atoms with Gasteiger partial charge in [-0.05, 0) is 156 Å². The van der Waals surface area contributed by atoms with E-state index in [9.17, 15) is 0 Å². The molecule has 0 atom stereocenters. The first-order chi connectivity index (χ1) is 32.7. The van der Waals surface area contributed by atoms with Crippen LogP contribution in [0.4, 0.5) is 28.4 Å². The third-order valence-corrected chi connectivity index (χ3v) is 17.0. The van der Waals surface area contributed by atoms with Crippen LogP contribution in [-0.4, -0.2) is 0 Å². The Morgan fingerprint density at radius 1 is 0.353 bits per heavy atom. The molecular formula is C66H58N2. The Balaban J connectivity index is 0.925. The van der Waals surface area contributed by atoms with Crippen molar-refractivity contribution in [1.82, 2.24) is 0 Å².